The summed E-state index contributed by atoms with van der Waals surface area (Å²) in [6, 6.07) is 9.08. The Morgan fingerprint density at radius 2 is 1.96 bits per heavy atom. The van der Waals surface area contributed by atoms with E-state index in [0.29, 0.717) is 22.6 Å². The standard InChI is InChI=1S/C19H15ClFNO4S/c1-25-15-5-3-4-11(17(15)26-2)8-16-18(23)22(19(24)27-16)10-12-6-7-13(21)9-14(12)20/h3-9H,10H2,1-2H3/b16-8-. The van der Waals surface area contributed by atoms with Crippen molar-refractivity contribution in [2.75, 3.05) is 14.2 Å². The molecule has 1 heterocycles. The monoisotopic (exact) mass is 407 g/mol. The molecule has 0 aliphatic carbocycles. The van der Waals surface area contributed by atoms with Crippen molar-refractivity contribution < 1.29 is 23.5 Å². The van der Waals surface area contributed by atoms with E-state index in [-0.39, 0.29) is 16.5 Å². The Labute approximate surface area is 164 Å². The number of amides is 2. The van der Waals surface area contributed by atoms with Crippen molar-refractivity contribution in [3.8, 4) is 11.5 Å². The minimum atomic E-state index is -0.483. The molecule has 3 rings (SSSR count). The highest BCUT2D eigenvalue weighted by Crippen LogP contribution is 2.38. The minimum absolute atomic E-state index is 0.0314. The molecule has 0 N–H and O–H groups in total. The fourth-order valence-corrected chi connectivity index (χ4v) is 3.68. The Kier molecular flexibility index (Phi) is 5.72. The van der Waals surface area contributed by atoms with Crippen molar-refractivity contribution in [3.63, 3.8) is 0 Å². The van der Waals surface area contributed by atoms with Gasteiger partial charge in [0.05, 0.1) is 25.7 Å². The smallest absolute Gasteiger partial charge is 0.293 e. The molecule has 0 bridgehead atoms. The zero-order valence-corrected chi connectivity index (χ0v) is 16.1. The molecule has 0 aromatic heterocycles. The highest BCUT2D eigenvalue weighted by atomic mass is 35.5. The molecule has 5 nitrogen and oxygen atoms in total. The average molecular weight is 408 g/mol. The third-order valence-electron chi connectivity index (χ3n) is 3.94. The normalized spacial score (nSPS) is 15.6. The molecule has 2 aromatic rings. The molecule has 0 atom stereocenters. The molecule has 0 radical (unpaired) electrons. The lowest BCUT2D eigenvalue weighted by Gasteiger charge is -2.13. The number of carbonyl (C=O) groups excluding carboxylic acids is 2. The van der Waals surface area contributed by atoms with Crippen LogP contribution >= 0.6 is 23.4 Å². The summed E-state index contributed by atoms with van der Waals surface area (Å²) in [6.07, 6.45) is 1.58. The Bertz CT molecular complexity index is 947. The maximum atomic E-state index is 13.2. The van der Waals surface area contributed by atoms with Crippen LogP contribution in [0.3, 0.4) is 0 Å². The van der Waals surface area contributed by atoms with Crippen LogP contribution in [0.2, 0.25) is 5.02 Å². The number of para-hydroxylation sites is 1. The summed E-state index contributed by atoms with van der Waals surface area (Å²) in [6.45, 7) is -0.0314. The van der Waals surface area contributed by atoms with Gasteiger partial charge >= 0.3 is 0 Å². The number of ether oxygens (including phenoxy) is 2. The first-order valence-corrected chi connectivity index (χ1v) is 9.04. The van der Waals surface area contributed by atoms with Crippen molar-refractivity contribution in [1.29, 1.82) is 0 Å². The highest BCUT2D eigenvalue weighted by Gasteiger charge is 2.35. The first-order chi connectivity index (χ1) is 12.9. The molecule has 140 valence electrons. The molecule has 27 heavy (non-hydrogen) atoms. The number of rotatable bonds is 5. The van der Waals surface area contributed by atoms with Crippen LogP contribution in [0.15, 0.2) is 41.3 Å². The van der Waals surface area contributed by atoms with Crippen LogP contribution in [0.1, 0.15) is 11.1 Å². The number of hydrogen-bond donors (Lipinski definition) is 0. The van der Waals surface area contributed by atoms with Crippen LogP contribution < -0.4 is 9.47 Å². The lowest BCUT2D eigenvalue weighted by molar-refractivity contribution is -0.123. The Hall–Kier alpha value is -2.51. The molecule has 0 saturated carbocycles. The van der Waals surface area contributed by atoms with Crippen LogP contribution in [0.5, 0.6) is 11.5 Å². The fraction of sp³-hybridized carbons (Fsp3) is 0.158. The van der Waals surface area contributed by atoms with Crippen molar-refractivity contribution in [1.82, 2.24) is 4.90 Å². The predicted molar refractivity (Wildman–Crippen MR) is 102 cm³/mol. The van der Waals surface area contributed by atoms with Gasteiger partial charge in [0.1, 0.15) is 5.82 Å². The summed E-state index contributed by atoms with van der Waals surface area (Å²) in [4.78, 5) is 26.3. The summed E-state index contributed by atoms with van der Waals surface area (Å²) >= 11 is 6.82. The van der Waals surface area contributed by atoms with Gasteiger partial charge in [-0.2, -0.15) is 0 Å². The molecule has 0 unspecified atom stereocenters. The van der Waals surface area contributed by atoms with E-state index in [1.807, 2.05) is 0 Å². The molecular formula is C19H15ClFNO4S. The minimum Gasteiger partial charge on any atom is -0.493 e. The fourth-order valence-electron chi connectivity index (χ4n) is 2.62. The van der Waals surface area contributed by atoms with Gasteiger partial charge in [-0.15, -0.1) is 0 Å². The summed E-state index contributed by atoms with van der Waals surface area (Å²) in [5.74, 6) is 0.0510. The van der Waals surface area contributed by atoms with Crippen LogP contribution in [0.4, 0.5) is 9.18 Å². The Balaban J connectivity index is 1.89. The van der Waals surface area contributed by atoms with E-state index in [1.165, 1.54) is 26.4 Å². The second-order valence-electron chi connectivity index (χ2n) is 5.59. The third kappa shape index (κ3) is 3.94. The summed E-state index contributed by atoms with van der Waals surface area (Å²) in [5.41, 5.74) is 1.10. The zero-order valence-electron chi connectivity index (χ0n) is 14.5. The first kappa shape index (κ1) is 19.3. The molecule has 1 saturated heterocycles. The van der Waals surface area contributed by atoms with E-state index >= 15 is 0 Å². The van der Waals surface area contributed by atoms with E-state index in [9.17, 15) is 14.0 Å². The molecular weight excluding hydrogens is 393 g/mol. The number of carbonyl (C=O) groups is 2. The lowest BCUT2D eigenvalue weighted by Crippen LogP contribution is -2.27. The number of nitrogens with zero attached hydrogens (tertiary/aromatic N) is 1. The topological polar surface area (TPSA) is 55.8 Å². The van der Waals surface area contributed by atoms with Gasteiger partial charge in [-0.05, 0) is 41.6 Å². The number of thioether (sulfide) groups is 1. The quantitative estimate of drug-likeness (QED) is 0.670. The van der Waals surface area contributed by atoms with Gasteiger partial charge in [-0.3, -0.25) is 14.5 Å². The van der Waals surface area contributed by atoms with E-state index in [2.05, 4.69) is 0 Å². The second kappa shape index (κ2) is 8.02. The largest absolute Gasteiger partial charge is 0.493 e. The maximum absolute atomic E-state index is 13.2. The molecule has 2 aromatic carbocycles. The molecule has 1 aliphatic rings. The number of hydrogen-bond acceptors (Lipinski definition) is 5. The maximum Gasteiger partial charge on any atom is 0.293 e. The van der Waals surface area contributed by atoms with Gasteiger partial charge in [0.2, 0.25) is 0 Å². The molecule has 2 amide bonds. The van der Waals surface area contributed by atoms with Crippen molar-refractivity contribution in [3.05, 3.63) is 63.3 Å². The van der Waals surface area contributed by atoms with Gasteiger partial charge in [0.15, 0.2) is 11.5 Å². The average Bonchev–Trinajstić information content (AvgIpc) is 2.90. The summed E-state index contributed by atoms with van der Waals surface area (Å²) in [7, 11) is 3.01. The number of methoxy groups -OCH3 is 2. The molecule has 1 aliphatic heterocycles. The number of halogens is 2. The summed E-state index contributed by atoms with van der Waals surface area (Å²) in [5, 5.41) is -0.263. The van der Waals surface area contributed by atoms with Crippen molar-refractivity contribution >= 4 is 40.6 Å². The van der Waals surface area contributed by atoms with Crippen LogP contribution in [0, 0.1) is 5.82 Å². The SMILES string of the molecule is COc1cccc(/C=C2\SC(=O)N(Cc3ccc(F)cc3Cl)C2=O)c1OC. The van der Waals surface area contributed by atoms with Crippen LogP contribution in [0.25, 0.3) is 6.08 Å². The van der Waals surface area contributed by atoms with Crippen molar-refractivity contribution in [2.24, 2.45) is 0 Å². The van der Waals surface area contributed by atoms with E-state index in [0.717, 1.165) is 22.7 Å². The number of benzene rings is 2. The zero-order chi connectivity index (χ0) is 19.6. The van der Waals surface area contributed by atoms with Gasteiger partial charge < -0.3 is 9.47 Å². The van der Waals surface area contributed by atoms with E-state index in [1.54, 1.807) is 24.3 Å². The molecule has 1 fully saturated rings. The number of imide groups is 1. The third-order valence-corrected chi connectivity index (χ3v) is 5.20. The molecule has 0 spiro atoms. The highest BCUT2D eigenvalue weighted by molar-refractivity contribution is 8.18. The Morgan fingerprint density at radius 1 is 1.19 bits per heavy atom. The predicted octanol–water partition coefficient (Wildman–Crippen LogP) is 4.73. The van der Waals surface area contributed by atoms with Crippen LogP contribution in [-0.2, 0) is 11.3 Å². The van der Waals surface area contributed by atoms with E-state index in [4.69, 9.17) is 21.1 Å². The van der Waals surface area contributed by atoms with Crippen molar-refractivity contribution in [2.45, 2.75) is 6.54 Å². The van der Waals surface area contributed by atoms with Gasteiger partial charge in [-0.25, -0.2) is 4.39 Å². The summed E-state index contributed by atoms with van der Waals surface area (Å²) < 4.78 is 23.8. The van der Waals surface area contributed by atoms with E-state index < -0.39 is 17.0 Å². The van der Waals surface area contributed by atoms with Crippen LogP contribution in [-0.4, -0.2) is 30.3 Å². The second-order valence-corrected chi connectivity index (χ2v) is 6.99. The van der Waals surface area contributed by atoms with Gasteiger partial charge in [0, 0.05) is 10.6 Å². The molecule has 8 heteroatoms. The lowest BCUT2D eigenvalue weighted by atomic mass is 10.1. The van der Waals surface area contributed by atoms with Gasteiger partial charge in [-0.1, -0.05) is 29.8 Å². The van der Waals surface area contributed by atoms with Gasteiger partial charge in [0.25, 0.3) is 11.1 Å². The first-order valence-electron chi connectivity index (χ1n) is 7.85. The Morgan fingerprint density at radius 3 is 2.63 bits per heavy atom.